The van der Waals surface area contributed by atoms with Crippen LogP contribution in [0.1, 0.15) is 64.2 Å². The van der Waals surface area contributed by atoms with Gasteiger partial charge in [-0.25, -0.2) is 0 Å². The first-order chi connectivity index (χ1) is 14.5. The Morgan fingerprint density at radius 1 is 0.667 bits per heavy atom. The first kappa shape index (κ1) is 20.7. The van der Waals surface area contributed by atoms with Gasteiger partial charge in [-0.2, -0.15) is 0 Å². The number of hydrogen-bond acceptors (Lipinski definition) is 4. The number of rotatable bonds is 4. The van der Waals surface area contributed by atoms with Gasteiger partial charge < -0.3 is 20.0 Å². The second-order valence-corrected chi connectivity index (χ2v) is 11.1. The van der Waals surface area contributed by atoms with Crippen molar-refractivity contribution in [2.24, 2.45) is 34.5 Å². The fourth-order valence-corrected chi connectivity index (χ4v) is 7.05. The molecule has 2 unspecified atom stereocenters. The molecule has 3 aliphatic carbocycles. The molecule has 0 aromatic carbocycles. The Bertz CT molecular complexity index is 613. The fourth-order valence-electron chi connectivity index (χ4n) is 7.05. The summed E-state index contributed by atoms with van der Waals surface area (Å²) in [7, 11) is 0. The Hall–Kier alpha value is -1.14. The maximum atomic E-state index is 13.0. The van der Waals surface area contributed by atoms with Gasteiger partial charge in [0.05, 0.1) is 0 Å². The van der Waals surface area contributed by atoms with E-state index in [1.807, 2.05) is 0 Å². The Labute approximate surface area is 180 Å². The Morgan fingerprint density at radius 3 is 1.27 bits per heavy atom. The number of carbonyl (C=O) groups is 2. The van der Waals surface area contributed by atoms with Gasteiger partial charge in [0.25, 0.3) is 0 Å². The van der Waals surface area contributed by atoms with Crippen molar-refractivity contribution in [3.8, 4) is 0 Å². The molecule has 0 aromatic heterocycles. The van der Waals surface area contributed by atoms with Crippen LogP contribution in [0.25, 0.3) is 0 Å². The molecular formula is C24H38N2O4. The Kier molecular flexibility index (Phi) is 5.37. The predicted octanol–water partition coefficient (Wildman–Crippen LogP) is 2.03. The first-order valence-electron chi connectivity index (χ1n) is 12.3. The summed E-state index contributed by atoms with van der Waals surface area (Å²) in [5.41, 5.74) is 0.667. The van der Waals surface area contributed by atoms with E-state index in [0.29, 0.717) is 47.7 Å². The molecule has 30 heavy (non-hydrogen) atoms. The molecule has 6 heteroatoms. The first-order valence-corrected chi connectivity index (χ1v) is 12.3. The number of amides is 2. The molecule has 3 saturated carbocycles. The molecule has 2 N–H and O–H groups in total. The highest BCUT2D eigenvalue weighted by Gasteiger charge is 2.55. The van der Waals surface area contributed by atoms with E-state index in [1.165, 1.54) is 0 Å². The molecule has 2 spiro atoms. The minimum absolute atomic E-state index is 0.0948. The highest BCUT2D eigenvalue weighted by Crippen LogP contribution is 2.60. The van der Waals surface area contributed by atoms with Crippen molar-refractivity contribution in [3.05, 3.63) is 0 Å². The predicted molar refractivity (Wildman–Crippen MR) is 112 cm³/mol. The smallest absolute Gasteiger partial charge is 0.225 e. The van der Waals surface area contributed by atoms with Crippen LogP contribution in [-0.2, 0) is 9.59 Å². The summed E-state index contributed by atoms with van der Waals surface area (Å²) < 4.78 is 0. The van der Waals surface area contributed by atoms with E-state index in [9.17, 15) is 19.8 Å². The molecular weight excluding hydrogens is 380 g/mol. The molecule has 5 aliphatic rings. The Morgan fingerprint density at radius 2 is 1.00 bits per heavy atom. The zero-order valence-electron chi connectivity index (χ0n) is 18.2. The number of likely N-dealkylation sites (tertiary alicyclic amines) is 2. The molecule has 0 aromatic rings. The average molecular weight is 419 g/mol. The zero-order valence-corrected chi connectivity index (χ0v) is 18.2. The van der Waals surface area contributed by atoms with E-state index in [1.54, 1.807) is 0 Å². The summed E-state index contributed by atoms with van der Waals surface area (Å²) >= 11 is 0. The van der Waals surface area contributed by atoms with Gasteiger partial charge in [0.1, 0.15) is 0 Å². The molecule has 168 valence electrons. The molecule has 0 radical (unpaired) electrons. The number of piperidine rings is 2. The van der Waals surface area contributed by atoms with E-state index < -0.39 is 0 Å². The maximum absolute atomic E-state index is 13.0. The lowest BCUT2D eigenvalue weighted by Gasteiger charge is -2.38. The van der Waals surface area contributed by atoms with Crippen molar-refractivity contribution in [2.75, 3.05) is 39.4 Å². The molecule has 2 aliphatic heterocycles. The van der Waals surface area contributed by atoms with E-state index >= 15 is 0 Å². The lowest BCUT2D eigenvalue weighted by atomic mass is 9.79. The third kappa shape index (κ3) is 3.58. The van der Waals surface area contributed by atoms with Gasteiger partial charge in [0.2, 0.25) is 11.8 Å². The van der Waals surface area contributed by atoms with Crippen LogP contribution < -0.4 is 0 Å². The van der Waals surface area contributed by atoms with Crippen molar-refractivity contribution in [3.63, 3.8) is 0 Å². The summed E-state index contributed by atoms with van der Waals surface area (Å²) in [6, 6.07) is 0. The largest absolute Gasteiger partial charge is 0.396 e. The van der Waals surface area contributed by atoms with E-state index in [2.05, 4.69) is 9.80 Å². The van der Waals surface area contributed by atoms with Crippen LogP contribution >= 0.6 is 0 Å². The standard InChI is InChI=1S/C24H38N2O4/c27-15-19-13-23(19)5-9-25(10-6-23)21(29)17-1-2-18(4-3-17)22(30)26-11-7-24(8-12-26)14-20(24)16-28/h17-20,27-28H,1-16H2. The number of hydrogen-bond donors (Lipinski definition) is 2. The molecule has 5 rings (SSSR count). The van der Waals surface area contributed by atoms with Crippen molar-refractivity contribution in [1.29, 1.82) is 0 Å². The summed E-state index contributed by atoms with van der Waals surface area (Å²) in [6.07, 6.45) is 9.85. The Balaban J connectivity index is 1.06. The molecule has 5 fully saturated rings. The molecule has 6 nitrogen and oxygen atoms in total. The van der Waals surface area contributed by atoms with Crippen LogP contribution in [0, 0.1) is 34.5 Å². The van der Waals surface area contributed by atoms with Crippen molar-refractivity contribution < 1.29 is 19.8 Å². The van der Waals surface area contributed by atoms with Crippen LogP contribution in [0.5, 0.6) is 0 Å². The summed E-state index contributed by atoms with van der Waals surface area (Å²) in [5.74, 6) is 1.74. The van der Waals surface area contributed by atoms with Gasteiger partial charge in [-0.05, 0) is 86.9 Å². The summed E-state index contributed by atoms with van der Waals surface area (Å²) in [5, 5.41) is 18.8. The number of aliphatic hydroxyl groups excluding tert-OH is 2. The monoisotopic (exact) mass is 418 g/mol. The van der Waals surface area contributed by atoms with Gasteiger partial charge in [-0.1, -0.05) is 0 Å². The molecule has 2 saturated heterocycles. The van der Waals surface area contributed by atoms with E-state index in [4.69, 9.17) is 0 Å². The molecule has 0 bridgehead atoms. The lowest BCUT2D eigenvalue weighted by Crippen LogP contribution is -2.46. The number of aliphatic hydroxyl groups is 2. The molecule has 2 heterocycles. The van der Waals surface area contributed by atoms with Crippen LogP contribution in [0.4, 0.5) is 0 Å². The maximum Gasteiger partial charge on any atom is 0.225 e. The lowest BCUT2D eigenvalue weighted by molar-refractivity contribution is -0.143. The summed E-state index contributed by atoms with van der Waals surface area (Å²) in [4.78, 5) is 30.1. The highest BCUT2D eigenvalue weighted by atomic mass is 16.3. The third-order valence-electron chi connectivity index (χ3n) is 9.73. The number of carbonyl (C=O) groups excluding carboxylic acids is 2. The van der Waals surface area contributed by atoms with Gasteiger partial charge in [-0.3, -0.25) is 9.59 Å². The quantitative estimate of drug-likeness (QED) is 0.732. The second-order valence-electron chi connectivity index (χ2n) is 11.1. The van der Waals surface area contributed by atoms with Gasteiger partial charge >= 0.3 is 0 Å². The topological polar surface area (TPSA) is 81.1 Å². The normalized spacial score (nSPS) is 36.7. The van der Waals surface area contributed by atoms with Crippen molar-refractivity contribution >= 4 is 11.8 Å². The minimum Gasteiger partial charge on any atom is -0.396 e. The molecule has 2 atom stereocenters. The van der Waals surface area contributed by atoms with Gasteiger partial charge in [0, 0.05) is 51.2 Å². The van der Waals surface area contributed by atoms with Crippen molar-refractivity contribution in [1.82, 2.24) is 9.80 Å². The van der Waals surface area contributed by atoms with Gasteiger partial charge in [-0.15, -0.1) is 0 Å². The molecule has 2 amide bonds. The minimum atomic E-state index is 0.0948. The van der Waals surface area contributed by atoms with Gasteiger partial charge in [0.15, 0.2) is 0 Å². The van der Waals surface area contributed by atoms with E-state index in [-0.39, 0.29) is 11.8 Å². The highest BCUT2D eigenvalue weighted by molar-refractivity contribution is 5.81. The van der Waals surface area contributed by atoms with Crippen LogP contribution in [0.2, 0.25) is 0 Å². The van der Waals surface area contributed by atoms with Crippen LogP contribution in [0.3, 0.4) is 0 Å². The second kappa shape index (κ2) is 7.77. The SMILES string of the molecule is O=C(C1CCC(C(=O)N2CCC3(CC2)CC3CO)CC1)N1CCC2(CC1)CC2CO. The summed E-state index contributed by atoms with van der Waals surface area (Å²) in [6.45, 7) is 3.98. The van der Waals surface area contributed by atoms with Crippen molar-refractivity contribution in [2.45, 2.75) is 64.2 Å². The average Bonchev–Trinajstić information content (AvgIpc) is 3.69. The van der Waals surface area contributed by atoms with E-state index in [0.717, 1.165) is 90.4 Å². The third-order valence-corrected chi connectivity index (χ3v) is 9.73. The van der Waals surface area contributed by atoms with Crippen LogP contribution in [0.15, 0.2) is 0 Å². The number of nitrogens with zero attached hydrogens (tertiary/aromatic N) is 2. The van der Waals surface area contributed by atoms with Crippen LogP contribution in [-0.4, -0.2) is 71.2 Å². The fraction of sp³-hybridized carbons (Fsp3) is 0.917. The zero-order chi connectivity index (χ0) is 20.9.